The highest BCUT2D eigenvalue weighted by atomic mass is 35.5. The van der Waals surface area contributed by atoms with Gasteiger partial charge in [-0.25, -0.2) is 8.42 Å². The lowest BCUT2D eigenvalue weighted by Crippen LogP contribution is -2.52. The molecule has 12 heteroatoms. The Balaban J connectivity index is 2.47. The van der Waals surface area contributed by atoms with Crippen molar-refractivity contribution in [2.45, 2.75) is 52.0 Å². The van der Waals surface area contributed by atoms with Crippen molar-refractivity contribution in [3.63, 3.8) is 0 Å². The largest absolute Gasteiger partial charge is 0.416 e. The molecule has 0 aromatic heterocycles. The minimum absolute atomic E-state index is 0.0251. The molecule has 36 heavy (non-hydrogen) atoms. The number of nitrogens with one attached hydrogen (secondary N) is 1. The van der Waals surface area contributed by atoms with Crippen LogP contribution in [0.2, 0.25) is 5.02 Å². The van der Waals surface area contributed by atoms with Gasteiger partial charge in [-0.15, -0.1) is 0 Å². The normalized spacial score (nSPS) is 13.6. The molecule has 198 valence electrons. The first-order valence-corrected chi connectivity index (χ1v) is 13.4. The van der Waals surface area contributed by atoms with Crippen molar-refractivity contribution in [3.05, 3.63) is 64.7 Å². The second-order valence-corrected chi connectivity index (χ2v) is 10.7. The van der Waals surface area contributed by atoms with Crippen LogP contribution in [0.25, 0.3) is 0 Å². The van der Waals surface area contributed by atoms with Crippen LogP contribution >= 0.6 is 11.6 Å². The monoisotopic (exact) mass is 547 g/mol. The summed E-state index contributed by atoms with van der Waals surface area (Å²) in [6.45, 7) is 4.30. The van der Waals surface area contributed by atoms with Gasteiger partial charge < -0.3 is 10.2 Å². The van der Waals surface area contributed by atoms with Crippen LogP contribution < -0.4 is 9.62 Å². The number of halogens is 4. The van der Waals surface area contributed by atoms with Crippen LogP contribution in [0.3, 0.4) is 0 Å². The first-order chi connectivity index (χ1) is 16.6. The highest BCUT2D eigenvalue weighted by molar-refractivity contribution is 7.92. The fourth-order valence-electron chi connectivity index (χ4n) is 3.30. The molecular formula is C24H29ClF3N3O4S. The second kappa shape index (κ2) is 12.0. The molecule has 0 bridgehead atoms. The number of alkyl halides is 3. The van der Waals surface area contributed by atoms with Gasteiger partial charge >= 0.3 is 6.18 Å². The molecule has 0 heterocycles. The van der Waals surface area contributed by atoms with E-state index in [1.165, 1.54) is 11.8 Å². The number of sulfonamides is 1. The number of carbonyl (C=O) groups is 2. The fourth-order valence-corrected chi connectivity index (χ4v) is 4.43. The quantitative estimate of drug-likeness (QED) is 0.476. The lowest BCUT2D eigenvalue weighted by atomic mass is 10.1. The number of amides is 2. The van der Waals surface area contributed by atoms with E-state index < -0.39 is 51.9 Å². The minimum Gasteiger partial charge on any atom is -0.352 e. The third kappa shape index (κ3) is 7.86. The molecule has 2 aromatic carbocycles. The van der Waals surface area contributed by atoms with E-state index in [1.54, 1.807) is 37.3 Å². The van der Waals surface area contributed by atoms with E-state index in [0.717, 1.165) is 18.4 Å². The minimum atomic E-state index is -4.76. The molecule has 0 saturated heterocycles. The van der Waals surface area contributed by atoms with Crippen molar-refractivity contribution in [1.29, 1.82) is 0 Å². The summed E-state index contributed by atoms with van der Waals surface area (Å²) in [6, 6.07) is 9.79. The Labute approximate surface area is 214 Å². The molecule has 7 nitrogen and oxygen atoms in total. The van der Waals surface area contributed by atoms with Crippen molar-refractivity contribution < 1.29 is 31.2 Å². The molecule has 2 aromatic rings. The van der Waals surface area contributed by atoms with Gasteiger partial charge in [-0.2, -0.15) is 13.2 Å². The third-order valence-corrected chi connectivity index (χ3v) is 7.03. The zero-order valence-corrected chi connectivity index (χ0v) is 21.9. The van der Waals surface area contributed by atoms with Crippen molar-refractivity contribution in [2.24, 2.45) is 0 Å². The summed E-state index contributed by atoms with van der Waals surface area (Å²) in [5.41, 5.74) is -0.929. The van der Waals surface area contributed by atoms with Crippen molar-refractivity contribution in [1.82, 2.24) is 10.2 Å². The number of nitrogens with zero attached hydrogens (tertiary/aromatic N) is 2. The first kappa shape index (κ1) is 29.4. The molecule has 0 aliphatic carbocycles. The lowest BCUT2D eigenvalue weighted by Gasteiger charge is -2.32. The second-order valence-electron chi connectivity index (χ2n) is 8.43. The number of carbonyl (C=O) groups excluding carboxylic acids is 2. The maximum atomic E-state index is 13.4. The molecular weight excluding hydrogens is 519 g/mol. The fraction of sp³-hybridized carbons (Fsp3) is 0.417. The van der Waals surface area contributed by atoms with E-state index in [-0.39, 0.29) is 17.6 Å². The number of hydrogen-bond acceptors (Lipinski definition) is 4. The molecule has 1 N–H and O–H groups in total. The van der Waals surface area contributed by atoms with E-state index in [9.17, 15) is 31.2 Å². The molecule has 0 spiro atoms. The maximum Gasteiger partial charge on any atom is 0.416 e. The van der Waals surface area contributed by atoms with Gasteiger partial charge in [-0.1, -0.05) is 48.9 Å². The molecule has 0 aliphatic heterocycles. The Kier molecular flexibility index (Phi) is 9.78. The van der Waals surface area contributed by atoms with Crippen LogP contribution in [0.5, 0.6) is 0 Å². The Morgan fingerprint density at radius 3 is 2.22 bits per heavy atom. The van der Waals surface area contributed by atoms with Gasteiger partial charge in [0.2, 0.25) is 21.8 Å². The SMILES string of the molecule is CC[C@@H](C)NC(=O)[C@@H](C)N(Cc1ccccc1)C(=O)CN(c1cc(C(F)(F)F)ccc1Cl)S(C)(=O)=O. The van der Waals surface area contributed by atoms with E-state index in [0.29, 0.717) is 22.4 Å². The summed E-state index contributed by atoms with van der Waals surface area (Å²) < 4.78 is 65.6. The predicted molar refractivity (Wildman–Crippen MR) is 133 cm³/mol. The molecule has 0 fully saturated rings. The van der Waals surface area contributed by atoms with Gasteiger partial charge in [-0.3, -0.25) is 13.9 Å². The predicted octanol–water partition coefficient (Wildman–Crippen LogP) is 4.46. The Morgan fingerprint density at radius 1 is 1.08 bits per heavy atom. The topological polar surface area (TPSA) is 86.8 Å². The number of benzene rings is 2. The summed E-state index contributed by atoms with van der Waals surface area (Å²) in [4.78, 5) is 27.5. The Morgan fingerprint density at radius 2 is 1.69 bits per heavy atom. The van der Waals surface area contributed by atoms with Gasteiger partial charge in [0.1, 0.15) is 12.6 Å². The third-order valence-electron chi connectivity index (χ3n) is 5.59. The Hall–Kier alpha value is -2.79. The maximum absolute atomic E-state index is 13.4. The van der Waals surface area contributed by atoms with Crippen LogP contribution in [-0.2, 0) is 32.3 Å². The van der Waals surface area contributed by atoms with E-state index in [2.05, 4.69) is 5.32 Å². The summed E-state index contributed by atoms with van der Waals surface area (Å²) in [5, 5.41) is 2.51. The molecule has 0 radical (unpaired) electrons. The molecule has 0 saturated carbocycles. The van der Waals surface area contributed by atoms with E-state index >= 15 is 0 Å². The summed E-state index contributed by atoms with van der Waals surface area (Å²) in [7, 11) is -4.24. The average Bonchev–Trinajstić information content (AvgIpc) is 2.80. The van der Waals surface area contributed by atoms with Crippen LogP contribution in [-0.4, -0.2) is 50.0 Å². The molecule has 2 amide bonds. The standard InChI is InChI=1S/C24H29ClF3N3O4S/c1-5-16(2)29-23(33)17(3)30(14-18-9-7-6-8-10-18)22(32)15-31(36(4,34)35)21-13-19(24(26,27)28)11-12-20(21)25/h6-13,16-17H,5,14-15H2,1-4H3,(H,29,33)/t16-,17-/m1/s1. The number of anilines is 1. The molecule has 0 aliphatic rings. The van der Waals surface area contributed by atoms with Crippen molar-refractivity contribution in [2.75, 3.05) is 17.1 Å². The first-order valence-electron chi connectivity index (χ1n) is 11.1. The molecule has 2 atom stereocenters. The van der Waals surface area contributed by atoms with Gasteiger partial charge in [0.05, 0.1) is 22.5 Å². The smallest absolute Gasteiger partial charge is 0.352 e. The van der Waals surface area contributed by atoms with Crippen LogP contribution in [0.4, 0.5) is 18.9 Å². The summed E-state index contributed by atoms with van der Waals surface area (Å²) in [6.07, 6.45) is -3.34. The highest BCUT2D eigenvalue weighted by Gasteiger charge is 2.34. The van der Waals surface area contributed by atoms with Crippen LogP contribution in [0, 0.1) is 0 Å². The molecule has 2 rings (SSSR count). The number of rotatable bonds is 10. The Bertz CT molecular complexity index is 1180. The lowest BCUT2D eigenvalue weighted by molar-refractivity contribution is -0.139. The number of hydrogen-bond donors (Lipinski definition) is 1. The average molecular weight is 548 g/mol. The van der Waals surface area contributed by atoms with Crippen molar-refractivity contribution >= 4 is 39.1 Å². The zero-order chi connectivity index (χ0) is 27.3. The summed E-state index contributed by atoms with van der Waals surface area (Å²) in [5.74, 6) is -1.24. The van der Waals surface area contributed by atoms with Gasteiger partial charge in [0.25, 0.3) is 0 Å². The van der Waals surface area contributed by atoms with E-state index in [4.69, 9.17) is 11.6 Å². The zero-order valence-electron chi connectivity index (χ0n) is 20.3. The van der Waals surface area contributed by atoms with Gasteiger partial charge in [0.15, 0.2) is 0 Å². The summed E-state index contributed by atoms with van der Waals surface area (Å²) >= 11 is 6.06. The molecule has 0 unspecified atom stereocenters. The van der Waals surface area contributed by atoms with Gasteiger partial charge in [-0.05, 0) is 44.0 Å². The van der Waals surface area contributed by atoms with Crippen LogP contribution in [0.1, 0.15) is 38.3 Å². The van der Waals surface area contributed by atoms with Gasteiger partial charge in [0, 0.05) is 12.6 Å². The van der Waals surface area contributed by atoms with Crippen LogP contribution in [0.15, 0.2) is 48.5 Å². The van der Waals surface area contributed by atoms with Crippen molar-refractivity contribution in [3.8, 4) is 0 Å². The highest BCUT2D eigenvalue weighted by Crippen LogP contribution is 2.36. The van der Waals surface area contributed by atoms with E-state index in [1.807, 2.05) is 6.92 Å².